The van der Waals surface area contributed by atoms with Gasteiger partial charge >= 0.3 is 0 Å². The Hall–Kier alpha value is -0.260. The second-order valence-corrected chi connectivity index (χ2v) is 1.61. The van der Waals surface area contributed by atoms with Gasteiger partial charge in [-0.15, -0.1) is 0 Å². The van der Waals surface area contributed by atoms with Crippen molar-refractivity contribution in [2.24, 2.45) is 5.92 Å². The first kappa shape index (κ1) is 3.91. The van der Waals surface area contributed by atoms with Gasteiger partial charge in [-0.1, -0.05) is 25.5 Å². The smallest absolute Gasteiger partial charge is 0.00219 e. The summed E-state index contributed by atoms with van der Waals surface area (Å²) in [5.41, 5.74) is 0. The molecular formula is C6H9. The van der Waals surface area contributed by atoms with Crippen molar-refractivity contribution in [1.82, 2.24) is 0 Å². The molecule has 0 bridgehead atoms. The Balaban J connectivity index is 1.90. The van der Waals surface area contributed by atoms with E-state index >= 15 is 0 Å². The lowest BCUT2D eigenvalue weighted by atomic mass is 10.2. The van der Waals surface area contributed by atoms with Crippen LogP contribution < -0.4 is 0 Å². The topological polar surface area (TPSA) is 0 Å². The molecule has 0 atom stereocenters. The summed E-state index contributed by atoms with van der Waals surface area (Å²) in [6.45, 7) is 2.17. The summed E-state index contributed by atoms with van der Waals surface area (Å²) < 4.78 is 0. The van der Waals surface area contributed by atoms with Crippen LogP contribution in [0.4, 0.5) is 0 Å². The summed E-state index contributed by atoms with van der Waals surface area (Å²) in [6.07, 6.45) is 7.89. The van der Waals surface area contributed by atoms with E-state index in [1.807, 2.05) is 0 Å². The standard InChI is InChI=1S/C6H9/c1-2-3-6-4-5-6/h3-6H,2H2,1H3. The van der Waals surface area contributed by atoms with Crippen LogP contribution in [-0.4, -0.2) is 0 Å². The van der Waals surface area contributed by atoms with Crippen molar-refractivity contribution in [2.45, 2.75) is 13.3 Å². The monoisotopic (exact) mass is 81.1 g/mol. The molecule has 0 fully saturated rings. The van der Waals surface area contributed by atoms with Crippen molar-refractivity contribution in [3.63, 3.8) is 0 Å². The van der Waals surface area contributed by atoms with E-state index in [9.17, 15) is 0 Å². The van der Waals surface area contributed by atoms with E-state index < -0.39 is 0 Å². The number of hydrogen-bond acceptors (Lipinski definition) is 0. The highest BCUT2D eigenvalue weighted by Gasteiger charge is 2.07. The molecule has 1 rings (SSSR count). The van der Waals surface area contributed by atoms with Gasteiger partial charge in [0.15, 0.2) is 0 Å². The zero-order chi connectivity index (χ0) is 4.41. The van der Waals surface area contributed by atoms with Crippen LogP contribution in [0.2, 0.25) is 0 Å². The molecule has 0 saturated carbocycles. The highest BCUT2D eigenvalue weighted by molar-refractivity contribution is 5.18. The lowest BCUT2D eigenvalue weighted by Crippen LogP contribution is -1.72. The fourth-order valence-electron chi connectivity index (χ4n) is 0.493. The number of rotatable bonds is 2. The van der Waals surface area contributed by atoms with Crippen LogP contribution in [0.3, 0.4) is 0 Å². The molecule has 0 unspecified atom stereocenters. The molecular weight excluding hydrogens is 72.1 g/mol. The predicted molar refractivity (Wildman–Crippen MR) is 27.2 cm³/mol. The van der Waals surface area contributed by atoms with Crippen molar-refractivity contribution in [3.8, 4) is 0 Å². The molecule has 6 heavy (non-hydrogen) atoms. The van der Waals surface area contributed by atoms with Crippen LogP contribution in [0.1, 0.15) is 13.3 Å². The second-order valence-electron chi connectivity index (χ2n) is 1.61. The zero-order valence-electron chi connectivity index (χ0n) is 4.02. The summed E-state index contributed by atoms with van der Waals surface area (Å²) in [6, 6.07) is 0. The average Bonchev–Trinajstić information content (AvgIpc) is 2.21. The third-order valence-electron chi connectivity index (χ3n) is 0.923. The molecule has 0 aromatic carbocycles. The molecule has 33 valence electrons. The Labute approximate surface area is 38.9 Å². The Morgan fingerprint density at radius 2 is 2.33 bits per heavy atom. The Morgan fingerprint density at radius 3 is 2.50 bits per heavy atom. The van der Waals surface area contributed by atoms with E-state index in [0.717, 1.165) is 5.92 Å². The maximum atomic E-state index is 2.29. The Bertz CT molecular complexity index is 56.4. The molecule has 1 radical (unpaired) electrons. The van der Waals surface area contributed by atoms with Gasteiger partial charge in [-0.2, -0.15) is 0 Å². The third-order valence-corrected chi connectivity index (χ3v) is 0.923. The lowest BCUT2D eigenvalue weighted by Gasteiger charge is -1.83. The van der Waals surface area contributed by atoms with Crippen LogP contribution in [0.5, 0.6) is 0 Å². The first-order valence-electron chi connectivity index (χ1n) is 2.45. The molecule has 0 aliphatic heterocycles. The first-order valence-corrected chi connectivity index (χ1v) is 2.45. The minimum Gasteiger partial charge on any atom is -0.0807 e. The predicted octanol–water partition coefficient (Wildman–Crippen LogP) is 1.79. The van der Waals surface area contributed by atoms with E-state index in [0.29, 0.717) is 0 Å². The number of hydrogen-bond donors (Lipinski definition) is 0. The lowest BCUT2D eigenvalue weighted by molar-refractivity contribution is 0.961. The fraction of sp³-hybridized carbons (Fsp3) is 0.500. The molecule has 0 aromatic heterocycles. The maximum Gasteiger partial charge on any atom is -0.00219 e. The molecule has 0 spiro atoms. The van der Waals surface area contributed by atoms with Gasteiger partial charge in [-0.3, -0.25) is 0 Å². The van der Waals surface area contributed by atoms with E-state index in [1.54, 1.807) is 0 Å². The molecule has 1 aliphatic rings. The summed E-state index contributed by atoms with van der Waals surface area (Å²) in [5, 5.41) is 0. The van der Waals surface area contributed by atoms with Crippen molar-refractivity contribution >= 4 is 0 Å². The molecule has 0 heteroatoms. The minimum absolute atomic E-state index is 0.773. The van der Waals surface area contributed by atoms with Crippen LogP contribution in [0.15, 0.2) is 12.2 Å². The molecule has 1 aliphatic carbocycles. The summed E-state index contributed by atoms with van der Waals surface area (Å²) in [7, 11) is 0. The quantitative estimate of drug-likeness (QED) is 0.444. The average molecular weight is 81.1 g/mol. The van der Waals surface area contributed by atoms with Gasteiger partial charge in [0.25, 0.3) is 0 Å². The maximum absolute atomic E-state index is 2.29. The van der Waals surface area contributed by atoms with Gasteiger partial charge in [0.2, 0.25) is 0 Å². The van der Waals surface area contributed by atoms with Gasteiger partial charge in [0, 0.05) is 0 Å². The first-order chi connectivity index (χ1) is 2.93. The highest BCUT2D eigenvalue weighted by atomic mass is 14.1. The van der Waals surface area contributed by atoms with Gasteiger partial charge in [0.1, 0.15) is 0 Å². The van der Waals surface area contributed by atoms with Crippen LogP contribution in [-0.2, 0) is 0 Å². The SMILES string of the molecule is CC[CH]C1C=C1. The van der Waals surface area contributed by atoms with Gasteiger partial charge < -0.3 is 0 Å². The van der Waals surface area contributed by atoms with E-state index in [4.69, 9.17) is 0 Å². The zero-order valence-corrected chi connectivity index (χ0v) is 4.02. The fourth-order valence-corrected chi connectivity index (χ4v) is 0.493. The molecule has 0 amide bonds. The van der Waals surface area contributed by atoms with Crippen molar-refractivity contribution < 1.29 is 0 Å². The summed E-state index contributed by atoms with van der Waals surface area (Å²) in [4.78, 5) is 0. The second kappa shape index (κ2) is 1.46. The largest absolute Gasteiger partial charge is 0.0807 e. The van der Waals surface area contributed by atoms with E-state index in [1.165, 1.54) is 6.42 Å². The van der Waals surface area contributed by atoms with Gasteiger partial charge in [-0.05, 0) is 12.3 Å². The molecule has 0 saturated heterocycles. The van der Waals surface area contributed by atoms with Crippen LogP contribution >= 0.6 is 0 Å². The van der Waals surface area contributed by atoms with E-state index in [2.05, 4.69) is 25.5 Å². The normalized spacial score (nSPS) is 18.8. The number of allylic oxidation sites excluding steroid dienone is 2. The van der Waals surface area contributed by atoms with Crippen molar-refractivity contribution in [1.29, 1.82) is 0 Å². The summed E-state index contributed by atoms with van der Waals surface area (Å²) in [5.74, 6) is 0.773. The Morgan fingerprint density at radius 1 is 1.67 bits per heavy atom. The Kier molecular flexibility index (Phi) is 0.952. The van der Waals surface area contributed by atoms with E-state index in [-0.39, 0.29) is 0 Å². The van der Waals surface area contributed by atoms with Gasteiger partial charge in [-0.25, -0.2) is 0 Å². The molecule has 0 aromatic rings. The van der Waals surface area contributed by atoms with Crippen LogP contribution in [0.25, 0.3) is 0 Å². The van der Waals surface area contributed by atoms with Crippen molar-refractivity contribution in [3.05, 3.63) is 18.6 Å². The van der Waals surface area contributed by atoms with Gasteiger partial charge in [0.05, 0.1) is 0 Å². The summed E-state index contributed by atoms with van der Waals surface area (Å²) >= 11 is 0. The van der Waals surface area contributed by atoms with Crippen molar-refractivity contribution in [2.75, 3.05) is 0 Å². The molecule has 0 nitrogen and oxygen atoms in total. The molecule has 0 N–H and O–H groups in total. The molecule has 0 heterocycles. The third kappa shape index (κ3) is 0.852. The van der Waals surface area contributed by atoms with Crippen LogP contribution in [0, 0.1) is 12.3 Å². The highest BCUT2D eigenvalue weighted by Crippen LogP contribution is 2.19. The minimum atomic E-state index is 0.773.